The van der Waals surface area contributed by atoms with Crippen LogP contribution in [0.1, 0.15) is 13.3 Å². The van der Waals surface area contributed by atoms with E-state index in [4.69, 9.17) is 23.2 Å². The van der Waals surface area contributed by atoms with E-state index in [0.717, 1.165) is 0 Å². The number of hydrogen-bond donors (Lipinski definition) is 0. The van der Waals surface area contributed by atoms with E-state index in [1.807, 2.05) is 0 Å². The van der Waals surface area contributed by atoms with Crippen LogP contribution in [0.5, 0.6) is 0 Å². The number of carbonyl (C=O) groups excluding carboxylic acids is 2. The van der Waals surface area contributed by atoms with Crippen molar-refractivity contribution >= 4 is 40.8 Å². The van der Waals surface area contributed by atoms with Gasteiger partial charge < -0.3 is 0 Å². The smallest absolute Gasteiger partial charge is 0.293 e. The number of benzene rings is 1. The zero-order valence-corrected chi connectivity index (χ0v) is 11.3. The second-order valence-corrected chi connectivity index (χ2v) is 4.74. The van der Waals surface area contributed by atoms with Gasteiger partial charge in [0.2, 0.25) is 5.91 Å². The summed E-state index contributed by atoms with van der Waals surface area (Å²) in [5.41, 5.74) is 0.653. The minimum atomic E-state index is -0.313. The molecule has 0 N–H and O–H groups in total. The number of urea groups is 1. The van der Waals surface area contributed by atoms with Crippen LogP contribution in [0.2, 0.25) is 10.0 Å². The summed E-state index contributed by atoms with van der Waals surface area (Å²) in [6.07, 6.45) is 0.319. The van der Waals surface area contributed by atoms with Crippen LogP contribution >= 0.6 is 23.2 Å². The summed E-state index contributed by atoms with van der Waals surface area (Å²) < 4.78 is 0. The molecule has 1 fully saturated rings. The summed E-state index contributed by atoms with van der Waals surface area (Å²) >= 11 is 11.8. The maximum atomic E-state index is 12.1. The van der Waals surface area contributed by atoms with Crippen molar-refractivity contribution < 1.29 is 9.59 Å². The van der Waals surface area contributed by atoms with Crippen LogP contribution in [-0.4, -0.2) is 29.9 Å². The van der Waals surface area contributed by atoms with E-state index in [2.05, 4.69) is 0 Å². The Balaban J connectivity index is 2.30. The lowest BCUT2D eigenvalue weighted by molar-refractivity contribution is -0.128. The van der Waals surface area contributed by atoms with Gasteiger partial charge in [0.05, 0.1) is 10.0 Å². The number of anilines is 1. The van der Waals surface area contributed by atoms with Gasteiger partial charge in [0.15, 0.2) is 0 Å². The fourth-order valence-electron chi connectivity index (χ4n) is 1.89. The SMILES string of the molecule is CCN1C(=O)CCN(c2ccc(Cl)c(Cl)c2)C1=O. The van der Waals surface area contributed by atoms with Crippen molar-refractivity contribution in [1.29, 1.82) is 0 Å². The molecule has 0 aliphatic carbocycles. The molecule has 0 aromatic heterocycles. The third-order valence-corrected chi connectivity index (χ3v) is 3.58. The predicted octanol–water partition coefficient (Wildman–Crippen LogP) is 3.17. The number of carbonyl (C=O) groups is 2. The minimum absolute atomic E-state index is 0.140. The molecular weight excluding hydrogens is 275 g/mol. The number of rotatable bonds is 2. The molecule has 2 rings (SSSR count). The molecule has 6 heteroatoms. The molecule has 1 saturated heterocycles. The fraction of sp³-hybridized carbons (Fsp3) is 0.333. The Morgan fingerprint density at radius 2 is 1.94 bits per heavy atom. The van der Waals surface area contributed by atoms with Gasteiger partial charge in [0.25, 0.3) is 0 Å². The lowest BCUT2D eigenvalue weighted by atomic mass is 10.2. The van der Waals surface area contributed by atoms with Crippen molar-refractivity contribution in [3.05, 3.63) is 28.2 Å². The molecule has 0 radical (unpaired) electrons. The standard InChI is InChI=1S/C12H12Cl2N2O2/c1-2-15-11(17)5-6-16(12(15)18)8-3-4-9(13)10(14)7-8/h3-4,7H,2,5-6H2,1H3. The average Bonchev–Trinajstić information content (AvgIpc) is 2.34. The highest BCUT2D eigenvalue weighted by Crippen LogP contribution is 2.29. The summed E-state index contributed by atoms with van der Waals surface area (Å²) in [5.74, 6) is -0.140. The van der Waals surface area contributed by atoms with Crippen LogP contribution in [-0.2, 0) is 4.79 Å². The van der Waals surface area contributed by atoms with Crippen molar-refractivity contribution in [2.24, 2.45) is 0 Å². The highest BCUT2D eigenvalue weighted by Gasteiger charge is 2.31. The van der Waals surface area contributed by atoms with Crippen LogP contribution in [0.3, 0.4) is 0 Å². The normalized spacial score (nSPS) is 16.4. The molecule has 0 bridgehead atoms. The first kappa shape index (κ1) is 13.2. The van der Waals surface area contributed by atoms with E-state index < -0.39 is 0 Å². The Labute approximate surface area is 115 Å². The lowest BCUT2D eigenvalue weighted by Gasteiger charge is -2.33. The van der Waals surface area contributed by atoms with Gasteiger partial charge in [-0.1, -0.05) is 23.2 Å². The molecule has 1 aromatic rings. The van der Waals surface area contributed by atoms with Gasteiger partial charge in [0.1, 0.15) is 0 Å². The topological polar surface area (TPSA) is 40.6 Å². The van der Waals surface area contributed by atoms with Gasteiger partial charge in [-0.3, -0.25) is 14.6 Å². The second-order valence-electron chi connectivity index (χ2n) is 3.92. The molecule has 0 spiro atoms. The molecule has 1 aliphatic rings. The van der Waals surface area contributed by atoms with Gasteiger partial charge in [-0.2, -0.15) is 0 Å². The van der Waals surface area contributed by atoms with Crippen molar-refractivity contribution in [2.75, 3.05) is 18.0 Å². The summed E-state index contributed by atoms with van der Waals surface area (Å²) in [7, 11) is 0. The molecular formula is C12H12Cl2N2O2. The van der Waals surface area contributed by atoms with Crippen molar-refractivity contribution in [1.82, 2.24) is 4.90 Å². The van der Waals surface area contributed by atoms with Gasteiger partial charge in [-0.25, -0.2) is 4.79 Å². The maximum Gasteiger partial charge on any atom is 0.331 e. The number of halogens is 2. The Hall–Kier alpha value is -1.26. The third-order valence-electron chi connectivity index (χ3n) is 2.84. The molecule has 0 saturated carbocycles. The average molecular weight is 287 g/mol. The summed E-state index contributed by atoms with van der Waals surface area (Å²) in [6, 6.07) is 4.67. The van der Waals surface area contributed by atoms with E-state index in [1.165, 1.54) is 9.80 Å². The Morgan fingerprint density at radius 1 is 1.22 bits per heavy atom. The van der Waals surface area contributed by atoms with Crippen LogP contribution in [0.4, 0.5) is 10.5 Å². The molecule has 1 aromatic carbocycles. The Bertz CT molecular complexity index is 505. The zero-order valence-electron chi connectivity index (χ0n) is 9.82. The van der Waals surface area contributed by atoms with E-state index in [-0.39, 0.29) is 11.9 Å². The van der Waals surface area contributed by atoms with Crippen LogP contribution < -0.4 is 4.90 Å². The van der Waals surface area contributed by atoms with Crippen LogP contribution in [0.15, 0.2) is 18.2 Å². The molecule has 4 nitrogen and oxygen atoms in total. The van der Waals surface area contributed by atoms with E-state index in [1.54, 1.807) is 25.1 Å². The molecule has 1 aliphatic heterocycles. The van der Waals surface area contributed by atoms with Crippen molar-refractivity contribution in [3.8, 4) is 0 Å². The van der Waals surface area contributed by atoms with Gasteiger partial charge >= 0.3 is 6.03 Å². The van der Waals surface area contributed by atoms with E-state index in [0.29, 0.717) is 35.2 Å². The molecule has 3 amide bonds. The summed E-state index contributed by atoms with van der Waals surface area (Å²) in [6.45, 7) is 2.51. The van der Waals surface area contributed by atoms with Crippen molar-refractivity contribution in [2.45, 2.75) is 13.3 Å². The fourth-order valence-corrected chi connectivity index (χ4v) is 2.19. The quantitative estimate of drug-likeness (QED) is 0.838. The number of imide groups is 1. The molecule has 96 valence electrons. The number of amides is 3. The van der Waals surface area contributed by atoms with E-state index in [9.17, 15) is 9.59 Å². The molecule has 1 heterocycles. The van der Waals surface area contributed by atoms with Gasteiger partial charge in [-0.15, -0.1) is 0 Å². The summed E-state index contributed by atoms with van der Waals surface area (Å²) in [4.78, 5) is 26.4. The van der Waals surface area contributed by atoms with Crippen molar-refractivity contribution in [3.63, 3.8) is 0 Å². The monoisotopic (exact) mass is 286 g/mol. The maximum absolute atomic E-state index is 12.1. The van der Waals surface area contributed by atoms with Gasteiger partial charge in [0, 0.05) is 25.2 Å². The second kappa shape index (κ2) is 5.16. The zero-order chi connectivity index (χ0) is 13.3. The summed E-state index contributed by atoms with van der Waals surface area (Å²) in [5, 5.41) is 0.829. The number of hydrogen-bond acceptors (Lipinski definition) is 2. The third kappa shape index (κ3) is 2.31. The first-order chi connectivity index (χ1) is 8.54. The minimum Gasteiger partial charge on any atom is -0.293 e. The predicted molar refractivity (Wildman–Crippen MR) is 71.2 cm³/mol. The molecule has 0 atom stereocenters. The lowest BCUT2D eigenvalue weighted by Crippen LogP contribution is -2.52. The Morgan fingerprint density at radius 3 is 2.56 bits per heavy atom. The largest absolute Gasteiger partial charge is 0.331 e. The molecule has 0 unspecified atom stereocenters. The van der Waals surface area contributed by atoms with Crippen LogP contribution in [0.25, 0.3) is 0 Å². The van der Waals surface area contributed by atoms with E-state index >= 15 is 0 Å². The number of nitrogens with zero attached hydrogens (tertiary/aromatic N) is 2. The first-order valence-electron chi connectivity index (χ1n) is 5.61. The van der Waals surface area contributed by atoms with Gasteiger partial charge in [-0.05, 0) is 25.1 Å². The highest BCUT2D eigenvalue weighted by molar-refractivity contribution is 6.42. The molecule has 18 heavy (non-hydrogen) atoms. The first-order valence-corrected chi connectivity index (χ1v) is 6.37. The highest BCUT2D eigenvalue weighted by atomic mass is 35.5. The Kier molecular flexibility index (Phi) is 3.78. The van der Waals surface area contributed by atoms with Crippen LogP contribution in [0, 0.1) is 0 Å².